The Balaban J connectivity index is 2.92. The summed E-state index contributed by atoms with van der Waals surface area (Å²) >= 11 is 11.2. The van der Waals surface area contributed by atoms with Crippen molar-refractivity contribution in [3.63, 3.8) is 0 Å². The number of ether oxygens (including phenoxy) is 1. The predicted octanol–water partition coefficient (Wildman–Crippen LogP) is 3.79. The molecular formula is C13H16Cl2N2O3. The van der Waals surface area contributed by atoms with Gasteiger partial charge in [0, 0.05) is 35.8 Å². The van der Waals surface area contributed by atoms with Crippen LogP contribution in [0.3, 0.4) is 0 Å². The molecule has 7 heteroatoms. The molecule has 0 saturated carbocycles. The first-order chi connectivity index (χ1) is 9.43. The molecule has 0 aliphatic carbocycles. The zero-order chi connectivity index (χ0) is 15.1. The van der Waals surface area contributed by atoms with E-state index >= 15 is 0 Å². The van der Waals surface area contributed by atoms with Crippen LogP contribution in [0.1, 0.15) is 19.4 Å². The fourth-order valence-electron chi connectivity index (χ4n) is 1.45. The summed E-state index contributed by atoms with van der Waals surface area (Å²) in [5.74, 6) is 0.542. The van der Waals surface area contributed by atoms with E-state index in [2.05, 4.69) is 5.32 Å². The van der Waals surface area contributed by atoms with Crippen LogP contribution in [0.5, 0.6) is 5.75 Å². The van der Waals surface area contributed by atoms with Crippen molar-refractivity contribution in [1.82, 2.24) is 5.32 Å². The second-order valence-electron chi connectivity index (χ2n) is 4.43. The van der Waals surface area contributed by atoms with Crippen molar-refractivity contribution in [2.24, 2.45) is 0 Å². The molecule has 0 aliphatic rings. The second-order valence-corrected chi connectivity index (χ2v) is 5.13. The lowest BCUT2D eigenvalue weighted by Gasteiger charge is -2.13. The molecule has 0 heterocycles. The second kappa shape index (κ2) is 8.09. The van der Waals surface area contributed by atoms with Crippen molar-refractivity contribution in [2.45, 2.75) is 26.4 Å². The lowest BCUT2D eigenvalue weighted by molar-refractivity contribution is -0.384. The number of benzene rings is 1. The van der Waals surface area contributed by atoms with E-state index in [1.54, 1.807) is 6.07 Å². The third kappa shape index (κ3) is 5.36. The quantitative estimate of drug-likeness (QED) is 0.613. The van der Waals surface area contributed by atoms with E-state index in [-0.39, 0.29) is 18.3 Å². The standard InChI is InChI=1S/C13H16Cl2N2O3/c1-9(2)16-7-10-5-12(17(18)19)3-4-13(10)20-8-11(15)6-14/h3-6,9,16H,7-8H2,1-2H3. The minimum absolute atomic E-state index is 0.0249. The Morgan fingerprint density at radius 2 is 2.25 bits per heavy atom. The van der Waals surface area contributed by atoms with E-state index in [1.807, 2.05) is 13.8 Å². The Hall–Kier alpha value is -1.30. The minimum atomic E-state index is -0.436. The zero-order valence-corrected chi connectivity index (χ0v) is 12.7. The summed E-state index contributed by atoms with van der Waals surface area (Å²) in [5, 5.41) is 14.4. The highest BCUT2D eigenvalue weighted by atomic mass is 35.5. The topological polar surface area (TPSA) is 64.4 Å². The van der Waals surface area contributed by atoms with Crippen LogP contribution in [0.25, 0.3) is 0 Å². The van der Waals surface area contributed by atoms with E-state index < -0.39 is 4.92 Å². The molecule has 1 aromatic rings. The summed E-state index contributed by atoms with van der Waals surface area (Å²) < 4.78 is 5.51. The van der Waals surface area contributed by atoms with Crippen molar-refractivity contribution in [1.29, 1.82) is 0 Å². The number of nitrogens with one attached hydrogen (secondary N) is 1. The van der Waals surface area contributed by atoms with Crippen molar-refractivity contribution < 1.29 is 9.66 Å². The van der Waals surface area contributed by atoms with Gasteiger partial charge in [-0.2, -0.15) is 0 Å². The van der Waals surface area contributed by atoms with E-state index in [0.717, 1.165) is 0 Å². The third-order valence-electron chi connectivity index (χ3n) is 2.44. The zero-order valence-electron chi connectivity index (χ0n) is 11.2. The molecule has 1 aromatic carbocycles. The number of halogens is 2. The highest BCUT2D eigenvalue weighted by Gasteiger charge is 2.12. The summed E-state index contributed by atoms with van der Waals surface area (Å²) in [7, 11) is 0. The average Bonchev–Trinajstić information content (AvgIpc) is 2.42. The van der Waals surface area contributed by atoms with Gasteiger partial charge in [-0.1, -0.05) is 37.0 Å². The van der Waals surface area contributed by atoms with Crippen molar-refractivity contribution in [3.8, 4) is 5.75 Å². The van der Waals surface area contributed by atoms with Gasteiger partial charge in [0.15, 0.2) is 0 Å². The Morgan fingerprint density at radius 3 is 2.80 bits per heavy atom. The molecule has 0 unspecified atom stereocenters. The number of hydrogen-bond donors (Lipinski definition) is 1. The van der Waals surface area contributed by atoms with E-state index in [9.17, 15) is 10.1 Å². The third-order valence-corrected chi connectivity index (χ3v) is 3.03. The van der Waals surface area contributed by atoms with Crippen molar-refractivity contribution in [3.05, 3.63) is 44.4 Å². The monoisotopic (exact) mass is 318 g/mol. The largest absolute Gasteiger partial charge is 0.488 e. The van der Waals surface area contributed by atoms with Crippen LogP contribution >= 0.6 is 23.2 Å². The summed E-state index contributed by atoms with van der Waals surface area (Å²) in [5.41, 5.74) is 1.95. The highest BCUT2D eigenvalue weighted by Crippen LogP contribution is 2.25. The van der Waals surface area contributed by atoms with E-state index in [1.165, 1.54) is 17.7 Å². The molecule has 0 aliphatic heterocycles. The predicted molar refractivity (Wildman–Crippen MR) is 80.4 cm³/mol. The molecule has 5 nitrogen and oxygen atoms in total. The summed E-state index contributed by atoms with van der Waals surface area (Å²) in [4.78, 5) is 10.4. The first-order valence-corrected chi connectivity index (χ1v) is 6.83. The van der Waals surface area contributed by atoms with Crippen LogP contribution in [-0.4, -0.2) is 17.6 Å². The normalized spacial score (nSPS) is 11.8. The number of hydrogen-bond acceptors (Lipinski definition) is 4. The van der Waals surface area contributed by atoms with E-state index in [0.29, 0.717) is 22.9 Å². The molecular weight excluding hydrogens is 303 g/mol. The number of nitrogens with zero attached hydrogens (tertiary/aromatic N) is 1. The Morgan fingerprint density at radius 1 is 1.55 bits per heavy atom. The molecule has 0 saturated heterocycles. The molecule has 0 spiro atoms. The van der Waals surface area contributed by atoms with Crippen LogP contribution in [0.2, 0.25) is 0 Å². The van der Waals surface area contributed by atoms with Gasteiger partial charge < -0.3 is 10.1 Å². The number of nitro groups is 1. The molecule has 20 heavy (non-hydrogen) atoms. The first kappa shape index (κ1) is 16.8. The summed E-state index contributed by atoms with van der Waals surface area (Å²) in [6.45, 7) is 4.57. The molecule has 110 valence electrons. The summed E-state index contributed by atoms with van der Waals surface area (Å²) in [6, 6.07) is 4.71. The van der Waals surface area contributed by atoms with Gasteiger partial charge in [-0.25, -0.2) is 0 Å². The SMILES string of the molecule is CC(C)NCc1cc([N+](=O)[O-])ccc1OCC(Cl)=CCl. The molecule has 1 N–H and O–H groups in total. The van der Waals surface area contributed by atoms with Crippen LogP contribution in [0.4, 0.5) is 5.69 Å². The van der Waals surface area contributed by atoms with Crippen LogP contribution in [-0.2, 0) is 6.54 Å². The minimum Gasteiger partial charge on any atom is -0.488 e. The fourth-order valence-corrected chi connectivity index (χ4v) is 1.57. The maximum atomic E-state index is 10.8. The van der Waals surface area contributed by atoms with Gasteiger partial charge >= 0.3 is 0 Å². The molecule has 1 rings (SSSR count). The van der Waals surface area contributed by atoms with Gasteiger partial charge in [-0.3, -0.25) is 10.1 Å². The lowest BCUT2D eigenvalue weighted by Crippen LogP contribution is -2.22. The number of nitro benzene ring substituents is 1. The molecule has 0 atom stereocenters. The maximum Gasteiger partial charge on any atom is 0.270 e. The van der Waals surface area contributed by atoms with Crippen molar-refractivity contribution in [2.75, 3.05) is 6.61 Å². The number of non-ortho nitro benzene ring substituents is 1. The van der Waals surface area contributed by atoms with Gasteiger partial charge in [0.1, 0.15) is 12.4 Å². The molecule has 0 fully saturated rings. The Labute approximate surface area is 127 Å². The van der Waals surface area contributed by atoms with Crippen molar-refractivity contribution >= 4 is 28.9 Å². The van der Waals surface area contributed by atoms with Gasteiger partial charge in [-0.15, -0.1) is 0 Å². The molecule has 0 amide bonds. The van der Waals surface area contributed by atoms with Crippen LogP contribution in [0, 0.1) is 10.1 Å². The van der Waals surface area contributed by atoms with Crippen LogP contribution in [0.15, 0.2) is 28.8 Å². The van der Waals surface area contributed by atoms with Gasteiger partial charge in [-0.05, 0) is 6.07 Å². The number of rotatable bonds is 7. The smallest absolute Gasteiger partial charge is 0.270 e. The molecule has 0 aromatic heterocycles. The Bertz CT molecular complexity index is 504. The first-order valence-electron chi connectivity index (χ1n) is 6.02. The highest BCUT2D eigenvalue weighted by molar-refractivity contribution is 6.36. The fraction of sp³-hybridized carbons (Fsp3) is 0.385. The van der Waals surface area contributed by atoms with E-state index in [4.69, 9.17) is 27.9 Å². The summed E-state index contributed by atoms with van der Waals surface area (Å²) in [6.07, 6.45) is 0. The molecule has 0 bridgehead atoms. The van der Waals surface area contributed by atoms with Gasteiger partial charge in [0.05, 0.1) is 9.96 Å². The molecule has 0 radical (unpaired) electrons. The lowest BCUT2D eigenvalue weighted by atomic mass is 10.1. The van der Waals surface area contributed by atoms with Gasteiger partial charge in [0.25, 0.3) is 5.69 Å². The van der Waals surface area contributed by atoms with Gasteiger partial charge in [0.2, 0.25) is 0 Å². The van der Waals surface area contributed by atoms with Crippen LogP contribution < -0.4 is 10.1 Å². The average molecular weight is 319 g/mol. The maximum absolute atomic E-state index is 10.8. The Kier molecular flexibility index (Phi) is 6.78.